The van der Waals surface area contributed by atoms with Crippen molar-refractivity contribution in [2.75, 3.05) is 6.54 Å². The average Bonchev–Trinajstić information content (AvgIpc) is 4.05. The summed E-state index contributed by atoms with van der Waals surface area (Å²) in [5, 5.41) is 6.09. The van der Waals surface area contributed by atoms with E-state index in [1.807, 2.05) is 48.6 Å². The Morgan fingerprint density at radius 2 is 1.75 bits per heavy atom. The van der Waals surface area contributed by atoms with Crippen LogP contribution in [0.2, 0.25) is 0 Å². The lowest BCUT2D eigenvalue weighted by Crippen LogP contribution is -2.58. The molecule has 55 heavy (non-hydrogen) atoms. The Hall–Kier alpha value is -4.46. The lowest BCUT2D eigenvalue weighted by atomic mass is 9.98. The molecule has 7 atom stereocenters. The number of aromatic nitrogens is 1. The number of hydrogen-bond donors (Lipinski definition) is 3. The third-order valence-corrected chi connectivity index (χ3v) is 14.0. The van der Waals surface area contributed by atoms with E-state index in [9.17, 15) is 27.6 Å². The summed E-state index contributed by atoms with van der Waals surface area (Å²) in [5.41, 5.74) is -0.0164. The highest BCUT2D eigenvalue weighted by Crippen LogP contribution is 2.46. The van der Waals surface area contributed by atoms with Crippen LogP contribution in [-0.2, 0) is 29.1 Å². The van der Waals surface area contributed by atoms with Crippen LogP contribution in [0.15, 0.2) is 48.6 Å². The number of ether oxygens (including phenoxy) is 2. The molecule has 4 amide bonds. The first-order valence-electron chi connectivity index (χ1n) is 20.1. The molecule has 0 radical (unpaired) electrons. The van der Waals surface area contributed by atoms with Crippen LogP contribution in [0.1, 0.15) is 102 Å². The highest BCUT2D eigenvalue weighted by atomic mass is 32.2. The van der Waals surface area contributed by atoms with Crippen LogP contribution in [0.4, 0.5) is 4.79 Å². The quantitative estimate of drug-likeness (QED) is 0.361. The molecule has 0 unspecified atom stereocenters. The van der Waals surface area contributed by atoms with Gasteiger partial charge < -0.3 is 25.0 Å². The van der Waals surface area contributed by atoms with Gasteiger partial charge in [0, 0.05) is 17.7 Å². The molecule has 1 saturated heterocycles. The Morgan fingerprint density at radius 1 is 0.927 bits per heavy atom. The van der Waals surface area contributed by atoms with Gasteiger partial charge in [-0.25, -0.2) is 18.2 Å². The molecule has 3 bridgehead atoms. The van der Waals surface area contributed by atoms with Gasteiger partial charge in [-0.3, -0.25) is 19.1 Å². The van der Waals surface area contributed by atoms with E-state index in [1.54, 1.807) is 0 Å². The summed E-state index contributed by atoms with van der Waals surface area (Å²) >= 11 is 0. The molecular formula is C41H51N5O8S. The number of amides is 4. The van der Waals surface area contributed by atoms with Gasteiger partial charge in [-0.05, 0) is 101 Å². The molecule has 1 aromatic carbocycles. The number of benzene rings is 1. The molecule has 4 fully saturated rings. The Labute approximate surface area is 322 Å². The van der Waals surface area contributed by atoms with Crippen molar-refractivity contribution in [3.63, 3.8) is 0 Å². The van der Waals surface area contributed by atoms with E-state index in [-0.39, 0.29) is 31.4 Å². The van der Waals surface area contributed by atoms with Gasteiger partial charge in [0.05, 0.1) is 17.3 Å². The van der Waals surface area contributed by atoms with Gasteiger partial charge in [-0.1, -0.05) is 49.3 Å². The van der Waals surface area contributed by atoms with E-state index in [2.05, 4.69) is 21.4 Å². The molecule has 0 spiro atoms. The average molecular weight is 774 g/mol. The maximum absolute atomic E-state index is 14.7. The molecule has 3 N–H and O–H groups in total. The fourth-order valence-corrected chi connectivity index (χ4v) is 10.2. The van der Waals surface area contributed by atoms with E-state index in [0.29, 0.717) is 43.5 Å². The summed E-state index contributed by atoms with van der Waals surface area (Å²) in [4.78, 5) is 62.8. The summed E-state index contributed by atoms with van der Waals surface area (Å²) in [7, 11) is -3.88. The van der Waals surface area contributed by atoms with E-state index in [0.717, 1.165) is 62.3 Å². The van der Waals surface area contributed by atoms with Crippen LogP contribution in [0, 0.1) is 11.8 Å². The van der Waals surface area contributed by atoms with Crippen LogP contribution in [0.25, 0.3) is 17.0 Å². The highest BCUT2D eigenvalue weighted by molar-refractivity contribution is 7.91. The lowest BCUT2D eigenvalue weighted by Gasteiger charge is -2.30. The second-order valence-electron chi connectivity index (χ2n) is 16.2. The van der Waals surface area contributed by atoms with Crippen LogP contribution in [0.5, 0.6) is 5.75 Å². The highest BCUT2D eigenvalue weighted by Gasteiger charge is 2.62. The fraction of sp³-hybridized carbons (Fsp3) is 0.585. The number of alkyl carbamates (subject to hydrolysis) is 1. The smallest absolute Gasteiger partial charge is 0.408 e. The molecule has 3 saturated carbocycles. The SMILES string of the molecule is O=C1N[C@H]2CCCCCC=C[C@@H]3C[C@@]3(C(=O)NS(=O)(=O)C3CC3)NC(=O)[C@@H]3C[C@H](CN3C2=O)Oc2cc3ccccc3nc2C=CCCC[C@@H]2CCC[C@H]2O1. The number of nitrogens with zero attached hydrogens (tertiary/aromatic N) is 2. The Balaban J connectivity index is 1.14. The first-order valence-corrected chi connectivity index (χ1v) is 21.7. The number of allylic oxidation sites excluding steroid dienone is 2. The molecular weight excluding hydrogens is 723 g/mol. The molecule has 3 aliphatic heterocycles. The molecule has 4 heterocycles. The molecule has 13 nitrogen and oxygen atoms in total. The van der Waals surface area contributed by atoms with Gasteiger partial charge >= 0.3 is 6.09 Å². The van der Waals surface area contributed by atoms with Crippen LogP contribution in [0.3, 0.4) is 0 Å². The van der Waals surface area contributed by atoms with E-state index < -0.39 is 68.7 Å². The topological polar surface area (TPSA) is 173 Å². The van der Waals surface area contributed by atoms with E-state index >= 15 is 0 Å². The van der Waals surface area contributed by atoms with Crippen molar-refractivity contribution in [1.29, 1.82) is 0 Å². The Kier molecular flexibility index (Phi) is 10.6. The molecule has 14 heteroatoms. The summed E-state index contributed by atoms with van der Waals surface area (Å²) in [6, 6.07) is 7.69. The van der Waals surface area contributed by atoms with Gasteiger partial charge in [0.15, 0.2) is 0 Å². The number of pyridine rings is 1. The monoisotopic (exact) mass is 773 g/mol. The Bertz CT molecular complexity index is 2000. The molecule has 294 valence electrons. The van der Waals surface area contributed by atoms with Crippen molar-refractivity contribution in [2.45, 2.75) is 131 Å². The minimum atomic E-state index is -3.88. The van der Waals surface area contributed by atoms with Crippen molar-refractivity contribution < 1.29 is 37.1 Å². The van der Waals surface area contributed by atoms with Crippen molar-refractivity contribution in [3.8, 4) is 5.75 Å². The predicted octanol–water partition coefficient (Wildman–Crippen LogP) is 5.05. The van der Waals surface area contributed by atoms with Gasteiger partial charge in [0.25, 0.3) is 5.91 Å². The Morgan fingerprint density at radius 3 is 2.60 bits per heavy atom. The largest absolute Gasteiger partial charge is 0.486 e. The second kappa shape index (κ2) is 15.6. The third-order valence-electron chi connectivity index (χ3n) is 12.2. The molecule has 3 aliphatic carbocycles. The van der Waals surface area contributed by atoms with E-state index in [4.69, 9.17) is 14.5 Å². The number of carbonyl (C=O) groups is 4. The molecule has 6 aliphatic rings. The first kappa shape index (κ1) is 37.5. The number of sulfonamides is 1. The zero-order valence-electron chi connectivity index (χ0n) is 31.1. The lowest BCUT2D eigenvalue weighted by molar-refractivity contribution is -0.141. The number of para-hydroxylation sites is 1. The number of rotatable bonds is 3. The normalized spacial score (nSPS) is 31.9. The zero-order valence-corrected chi connectivity index (χ0v) is 31.9. The first-order chi connectivity index (χ1) is 26.6. The molecule has 2 aromatic rings. The van der Waals surface area contributed by atoms with Crippen LogP contribution in [-0.4, -0.2) is 83.7 Å². The summed E-state index contributed by atoms with van der Waals surface area (Å²) in [6.45, 7) is 0.0451. The standard InChI is InChI=1S/C41H51N5O8S/c47-37-34-23-29-25-46(34)38(48)33(18-7-3-1-2-6-15-28-24-41(28,44-37)39(49)45-55(51,52)30-20-21-30)43-40(50)54-35-19-11-14-26(35)12-5-4-8-17-32-36(53-29)22-27-13-9-10-16-31(27)42-32/h6,8-10,13,15-17,22,26,28-30,33-35H,1-5,7,11-12,14,18-21,23-25H2,(H,43,50)(H,44,47)(H,45,49)/t26-,28-,29-,33+,34+,35-,41-/m1/s1. The summed E-state index contributed by atoms with van der Waals surface area (Å²) < 4.78 is 40.6. The van der Waals surface area contributed by atoms with Gasteiger partial charge in [0.1, 0.15) is 41.3 Å². The third kappa shape index (κ3) is 8.24. The predicted molar refractivity (Wildman–Crippen MR) is 205 cm³/mol. The maximum Gasteiger partial charge on any atom is 0.408 e. The number of nitrogens with one attached hydrogen (secondary N) is 3. The summed E-state index contributed by atoms with van der Waals surface area (Å²) in [5.74, 6) is -1.42. The van der Waals surface area contributed by atoms with Crippen LogP contribution < -0.4 is 20.1 Å². The second-order valence-corrected chi connectivity index (χ2v) is 18.2. The summed E-state index contributed by atoms with van der Waals surface area (Å²) in [6.07, 6.45) is 16.4. The minimum Gasteiger partial charge on any atom is -0.486 e. The van der Waals surface area contributed by atoms with Crippen molar-refractivity contribution in [1.82, 2.24) is 25.2 Å². The minimum absolute atomic E-state index is 0.0451. The molecule has 8 rings (SSSR count). The number of hydrogen-bond acceptors (Lipinski definition) is 9. The van der Waals surface area contributed by atoms with Crippen molar-refractivity contribution in [2.24, 2.45) is 11.8 Å². The number of fused-ring (bicyclic) bond motifs is 6. The fourth-order valence-electron chi connectivity index (χ4n) is 8.85. The van der Waals surface area contributed by atoms with Gasteiger partial charge in [-0.2, -0.15) is 0 Å². The van der Waals surface area contributed by atoms with Crippen molar-refractivity contribution in [3.05, 3.63) is 54.3 Å². The zero-order chi connectivity index (χ0) is 38.2. The molecule has 1 aromatic heterocycles. The van der Waals surface area contributed by atoms with Gasteiger partial charge in [-0.15, -0.1) is 0 Å². The van der Waals surface area contributed by atoms with Crippen LogP contribution >= 0.6 is 0 Å². The number of carbonyl (C=O) groups excluding carboxylic acids is 4. The van der Waals surface area contributed by atoms with E-state index in [1.165, 1.54) is 4.90 Å². The van der Waals surface area contributed by atoms with Crippen molar-refractivity contribution >= 4 is 50.8 Å². The maximum atomic E-state index is 14.7. The van der Waals surface area contributed by atoms with Gasteiger partial charge in [0.2, 0.25) is 21.8 Å².